The third-order valence-corrected chi connectivity index (χ3v) is 4.73. The summed E-state index contributed by atoms with van der Waals surface area (Å²) in [7, 11) is 0. The lowest BCUT2D eigenvalue weighted by atomic mass is 9.91. The van der Waals surface area contributed by atoms with Gasteiger partial charge < -0.3 is 10.5 Å². The Bertz CT molecular complexity index is 954. The van der Waals surface area contributed by atoms with Crippen molar-refractivity contribution < 1.29 is 9.53 Å². The van der Waals surface area contributed by atoms with Gasteiger partial charge in [0.2, 0.25) is 5.95 Å². The first kappa shape index (κ1) is 17.0. The molecule has 1 unspecified atom stereocenters. The van der Waals surface area contributed by atoms with Crippen LogP contribution in [0.4, 0.5) is 16.4 Å². The maximum Gasteiger partial charge on any atom is 0.415 e. The van der Waals surface area contributed by atoms with E-state index in [9.17, 15) is 4.79 Å². The monoisotopic (exact) mass is 360 g/mol. The molecule has 27 heavy (non-hydrogen) atoms. The molecule has 1 atom stereocenters. The second kappa shape index (κ2) is 6.39. The summed E-state index contributed by atoms with van der Waals surface area (Å²) >= 11 is 0. The van der Waals surface area contributed by atoms with Gasteiger partial charge in [0.1, 0.15) is 11.6 Å². The van der Waals surface area contributed by atoms with Gasteiger partial charge in [0.05, 0.1) is 0 Å². The van der Waals surface area contributed by atoms with Crippen LogP contribution in [0.3, 0.4) is 0 Å². The third-order valence-electron chi connectivity index (χ3n) is 4.73. The topological polar surface area (TPSA) is 81.3 Å². The molecule has 1 aliphatic rings. The Morgan fingerprint density at radius 1 is 0.963 bits per heavy atom. The van der Waals surface area contributed by atoms with Gasteiger partial charge in [0.25, 0.3) is 0 Å². The molecule has 0 bridgehead atoms. The number of benzene rings is 2. The van der Waals surface area contributed by atoms with Gasteiger partial charge in [0.15, 0.2) is 0 Å². The first-order valence-electron chi connectivity index (χ1n) is 8.71. The fourth-order valence-corrected chi connectivity index (χ4v) is 3.49. The largest absolute Gasteiger partial charge is 0.441 e. The van der Waals surface area contributed by atoms with Crippen LogP contribution in [0.15, 0.2) is 67.0 Å². The Labute approximate surface area is 157 Å². The summed E-state index contributed by atoms with van der Waals surface area (Å²) in [5, 5.41) is 0. The molecule has 2 heterocycles. The standard InChI is InChI=1S/C21H20N4O2/c1-21(2)18(15-6-4-3-5-7-15)25(20(26)27-21)17-10-8-14(9-11-17)16-12-23-19(22)24-13-16/h3-13,18H,1-2H3,(H2,22,23,24). The van der Waals surface area contributed by atoms with E-state index in [4.69, 9.17) is 10.5 Å². The lowest BCUT2D eigenvalue weighted by Crippen LogP contribution is -2.33. The van der Waals surface area contributed by atoms with Crippen molar-refractivity contribution in [1.29, 1.82) is 0 Å². The maximum absolute atomic E-state index is 12.6. The van der Waals surface area contributed by atoms with Crippen molar-refractivity contribution in [3.05, 3.63) is 72.6 Å². The second-order valence-corrected chi connectivity index (χ2v) is 7.03. The summed E-state index contributed by atoms with van der Waals surface area (Å²) in [6.45, 7) is 3.87. The minimum Gasteiger partial charge on any atom is -0.441 e. The van der Waals surface area contributed by atoms with Gasteiger partial charge in [-0.05, 0) is 37.1 Å². The van der Waals surface area contributed by atoms with Gasteiger partial charge in [-0.3, -0.25) is 4.90 Å². The molecule has 6 heteroatoms. The molecule has 1 amide bonds. The van der Waals surface area contributed by atoms with Crippen molar-refractivity contribution >= 4 is 17.7 Å². The SMILES string of the molecule is CC1(C)OC(=O)N(c2ccc(-c3cnc(N)nc3)cc2)C1c1ccccc1. The van der Waals surface area contributed by atoms with E-state index in [2.05, 4.69) is 9.97 Å². The summed E-state index contributed by atoms with van der Waals surface area (Å²) in [6, 6.07) is 17.4. The molecule has 4 rings (SSSR count). The van der Waals surface area contributed by atoms with Gasteiger partial charge in [0, 0.05) is 23.6 Å². The molecule has 0 aliphatic carbocycles. The van der Waals surface area contributed by atoms with E-state index in [1.807, 2.05) is 68.4 Å². The molecule has 2 N–H and O–H groups in total. The highest BCUT2D eigenvalue weighted by molar-refractivity contribution is 5.92. The molecule has 1 fully saturated rings. The van der Waals surface area contributed by atoms with E-state index in [-0.39, 0.29) is 18.1 Å². The maximum atomic E-state index is 12.6. The van der Waals surface area contributed by atoms with E-state index in [1.54, 1.807) is 17.3 Å². The predicted octanol–water partition coefficient (Wildman–Crippen LogP) is 4.20. The second-order valence-electron chi connectivity index (χ2n) is 7.03. The highest BCUT2D eigenvalue weighted by Gasteiger charge is 2.49. The number of hydrogen-bond acceptors (Lipinski definition) is 5. The Morgan fingerprint density at radius 2 is 1.59 bits per heavy atom. The van der Waals surface area contributed by atoms with Crippen LogP contribution in [-0.4, -0.2) is 21.7 Å². The van der Waals surface area contributed by atoms with Crippen molar-refractivity contribution in [1.82, 2.24) is 9.97 Å². The molecule has 2 aromatic carbocycles. The van der Waals surface area contributed by atoms with E-state index in [0.29, 0.717) is 0 Å². The van der Waals surface area contributed by atoms with E-state index in [1.165, 1.54) is 0 Å². The van der Waals surface area contributed by atoms with Crippen LogP contribution in [0.25, 0.3) is 11.1 Å². The summed E-state index contributed by atoms with van der Waals surface area (Å²) in [5.74, 6) is 0.239. The van der Waals surface area contributed by atoms with Gasteiger partial charge in [-0.2, -0.15) is 0 Å². The molecular weight excluding hydrogens is 340 g/mol. The summed E-state index contributed by atoms with van der Waals surface area (Å²) in [5.41, 5.74) is 8.52. The summed E-state index contributed by atoms with van der Waals surface area (Å²) in [4.78, 5) is 22.4. The molecule has 0 radical (unpaired) electrons. The Hall–Kier alpha value is -3.41. The number of carbonyl (C=O) groups is 1. The van der Waals surface area contributed by atoms with Crippen molar-refractivity contribution in [2.45, 2.75) is 25.5 Å². The first-order chi connectivity index (χ1) is 13.0. The van der Waals surface area contributed by atoms with Gasteiger partial charge in [-0.25, -0.2) is 14.8 Å². The van der Waals surface area contributed by atoms with Crippen molar-refractivity contribution in [2.24, 2.45) is 0 Å². The number of hydrogen-bond donors (Lipinski definition) is 1. The predicted molar refractivity (Wildman–Crippen MR) is 104 cm³/mol. The van der Waals surface area contributed by atoms with Crippen LogP contribution < -0.4 is 10.6 Å². The fraction of sp³-hybridized carbons (Fsp3) is 0.190. The number of anilines is 2. The van der Waals surface area contributed by atoms with Crippen LogP contribution in [0.5, 0.6) is 0 Å². The Balaban J connectivity index is 1.70. The molecule has 136 valence electrons. The van der Waals surface area contributed by atoms with Gasteiger partial charge in [-0.1, -0.05) is 42.5 Å². The number of carbonyl (C=O) groups excluding carboxylic acids is 1. The summed E-state index contributed by atoms with van der Waals surface area (Å²) in [6.07, 6.45) is 3.01. The zero-order valence-electron chi connectivity index (χ0n) is 15.2. The van der Waals surface area contributed by atoms with Crippen molar-refractivity contribution in [2.75, 3.05) is 10.6 Å². The smallest absolute Gasteiger partial charge is 0.415 e. The number of amides is 1. The number of nitrogens with zero attached hydrogens (tertiary/aromatic N) is 3. The molecule has 0 saturated carbocycles. The zero-order chi connectivity index (χ0) is 19.0. The Morgan fingerprint density at radius 3 is 2.22 bits per heavy atom. The van der Waals surface area contributed by atoms with Crippen LogP contribution in [0.2, 0.25) is 0 Å². The molecule has 3 aromatic rings. The minimum absolute atomic E-state index is 0.211. The lowest BCUT2D eigenvalue weighted by molar-refractivity contribution is 0.0685. The molecule has 6 nitrogen and oxygen atoms in total. The average molecular weight is 360 g/mol. The normalized spacial score (nSPS) is 18.4. The molecule has 1 aromatic heterocycles. The first-order valence-corrected chi connectivity index (χ1v) is 8.71. The van der Waals surface area contributed by atoms with Crippen molar-refractivity contribution in [3.8, 4) is 11.1 Å². The third kappa shape index (κ3) is 3.10. The summed E-state index contributed by atoms with van der Waals surface area (Å²) < 4.78 is 5.66. The number of aromatic nitrogens is 2. The molecule has 1 aliphatic heterocycles. The quantitative estimate of drug-likeness (QED) is 0.757. The minimum atomic E-state index is -0.637. The molecular formula is C21H20N4O2. The van der Waals surface area contributed by atoms with Gasteiger partial charge in [-0.15, -0.1) is 0 Å². The van der Waals surface area contributed by atoms with E-state index < -0.39 is 5.60 Å². The fourth-order valence-electron chi connectivity index (χ4n) is 3.49. The van der Waals surface area contributed by atoms with Gasteiger partial charge >= 0.3 is 6.09 Å². The van der Waals surface area contributed by atoms with Crippen LogP contribution in [0.1, 0.15) is 25.5 Å². The van der Waals surface area contributed by atoms with Crippen molar-refractivity contribution in [3.63, 3.8) is 0 Å². The number of cyclic esters (lactones) is 1. The number of rotatable bonds is 3. The molecule has 1 saturated heterocycles. The van der Waals surface area contributed by atoms with Crippen LogP contribution in [-0.2, 0) is 4.74 Å². The van der Waals surface area contributed by atoms with E-state index in [0.717, 1.165) is 22.4 Å². The Kier molecular flexibility index (Phi) is 4.03. The van der Waals surface area contributed by atoms with Crippen LogP contribution in [0, 0.1) is 0 Å². The number of nitrogen functional groups attached to an aromatic ring is 1. The average Bonchev–Trinajstić information content (AvgIpc) is 2.91. The van der Waals surface area contributed by atoms with E-state index >= 15 is 0 Å². The highest BCUT2D eigenvalue weighted by Crippen LogP contribution is 2.43. The zero-order valence-corrected chi connectivity index (χ0v) is 15.2. The number of nitrogens with two attached hydrogens (primary N) is 1. The molecule has 0 spiro atoms. The van der Waals surface area contributed by atoms with Crippen LogP contribution >= 0.6 is 0 Å². The highest BCUT2D eigenvalue weighted by atomic mass is 16.6. The number of ether oxygens (including phenoxy) is 1. The lowest BCUT2D eigenvalue weighted by Gasteiger charge is -2.29.